The summed E-state index contributed by atoms with van der Waals surface area (Å²) >= 11 is 6.49. The minimum absolute atomic E-state index is 0.0912. The second kappa shape index (κ2) is 13.0. The Kier molecular flexibility index (Phi) is 10.1. The van der Waals surface area contributed by atoms with Gasteiger partial charge in [-0.2, -0.15) is 4.99 Å². The van der Waals surface area contributed by atoms with Crippen LogP contribution in [0.15, 0.2) is 46.4 Å². The van der Waals surface area contributed by atoms with Gasteiger partial charge in [0.2, 0.25) is 0 Å². The average Bonchev–Trinajstić information content (AvgIpc) is 2.85. The molecule has 0 amide bonds. The lowest BCUT2D eigenvalue weighted by Crippen LogP contribution is -2.45. The van der Waals surface area contributed by atoms with E-state index in [1.807, 2.05) is 45.3 Å². The van der Waals surface area contributed by atoms with Crippen LogP contribution in [0.5, 0.6) is 5.75 Å². The number of fused-ring (bicyclic) bond motifs is 1. The maximum Gasteiger partial charge on any atom is 0.314 e. The normalized spacial score (nSPS) is 18.1. The molecule has 0 spiro atoms. The number of aliphatic imine (C=N–C) groups is 2. The minimum atomic E-state index is -1.52. The van der Waals surface area contributed by atoms with Crippen molar-refractivity contribution >= 4 is 34.2 Å². The number of piperazine rings is 1. The molecule has 2 N–H and O–H groups in total. The van der Waals surface area contributed by atoms with Crippen molar-refractivity contribution in [3.8, 4) is 5.75 Å². The van der Waals surface area contributed by atoms with Crippen LogP contribution in [0.4, 0.5) is 4.39 Å². The Morgan fingerprint density at radius 3 is 2.69 bits per heavy atom. The number of nitrogens with zero attached hydrogens (tertiary/aromatic N) is 4. The minimum Gasteiger partial charge on any atom is -0.508 e. The summed E-state index contributed by atoms with van der Waals surface area (Å²) in [6.45, 7) is 8.34. The van der Waals surface area contributed by atoms with Crippen molar-refractivity contribution in [3.05, 3.63) is 42.0 Å². The van der Waals surface area contributed by atoms with Crippen molar-refractivity contribution in [1.29, 1.82) is 0 Å². The highest BCUT2D eigenvalue weighted by molar-refractivity contribution is 6.21. The Morgan fingerprint density at radius 2 is 1.97 bits per heavy atom. The quantitative estimate of drug-likeness (QED) is 0.185. The molecule has 9 heteroatoms. The van der Waals surface area contributed by atoms with Crippen molar-refractivity contribution in [1.82, 2.24) is 15.1 Å². The summed E-state index contributed by atoms with van der Waals surface area (Å²) in [5, 5.41) is 15.2. The van der Waals surface area contributed by atoms with Crippen LogP contribution in [0.3, 0.4) is 0 Å². The van der Waals surface area contributed by atoms with E-state index in [1.165, 1.54) is 0 Å². The second-order valence-corrected chi connectivity index (χ2v) is 9.62. The van der Waals surface area contributed by atoms with Gasteiger partial charge in [-0.3, -0.25) is 0 Å². The SMILES string of the molecule is CC(=NC(=NC(Cl)C(F)C(C)c1cc(O)cc2ccccc12)OCCCN(C)C)N1CCNCC1. The van der Waals surface area contributed by atoms with Crippen LogP contribution in [0.25, 0.3) is 10.8 Å². The first-order valence-corrected chi connectivity index (χ1v) is 12.6. The molecule has 3 atom stereocenters. The first-order valence-electron chi connectivity index (χ1n) is 12.1. The molecular formula is C26H37ClFN5O2. The van der Waals surface area contributed by atoms with E-state index in [4.69, 9.17) is 16.3 Å². The van der Waals surface area contributed by atoms with Gasteiger partial charge < -0.3 is 25.0 Å². The first-order chi connectivity index (χ1) is 16.8. The second-order valence-electron chi connectivity index (χ2n) is 9.17. The number of amidine groups is 2. The van der Waals surface area contributed by atoms with Crippen LogP contribution in [-0.2, 0) is 4.74 Å². The summed E-state index contributed by atoms with van der Waals surface area (Å²) in [6.07, 6.45) is -0.733. The standard InChI is InChI=1S/C26H37ClFN5O2/c1-18(23-17-21(34)16-20-8-5-6-9-22(20)23)24(28)25(27)31-26(35-15-7-12-32(3)4)30-19(2)33-13-10-29-11-14-33/h5-6,8-9,16-18,24-25,29,34H,7,10-15H2,1-4H3. The Bertz CT molecular complexity index is 1030. The molecule has 1 saturated heterocycles. The van der Waals surface area contributed by atoms with Gasteiger partial charge in [-0.25, -0.2) is 9.38 Å². The fraction of sp³-hybridized carbons (Fsp3) is 0.538. The molecule has 0 aromatic heterocycles. The van der Waals surface area contributed by atoms with Gasteiger partial charge in [-0.1, -0.05) is 42.8 Å². The zero-order valence-electron chi connectivity index (χ0n) is 21.0. The monoisotopic (exact) mass is 505 g/mol. The molecule has 0 radical (unpaired) electrons. The van der Waals surface area contributed by atoms with Crippen molar-refractivity contribution in [2.45, 2.75) is 37.9 Å². The van der Waals surface area contributed by atoms with Crippen LogP contribution in [0.2, 0.25) is 0 Å². The van der Waals surface area contributed by atoms with Crippen LogP contribution in [0, 0.1) is 0 Å². The van der Waals surface area contributed by atoms with Crippen LogP contribution >= 0.6 is 11.6 Å². The zero-order chi connectivity index (χ0) is 25.4. The highest BCUT2D eigenvalue weighted by atomic mass is 35.5. The fourth-order valence-corrected chi connectivity index (χ4v) is 4.43. The number of phenols is 1. The Morgan fingerprint density at radius 1 is 1.26 bits per heavy atom. The lowest BCUT2D eigenvalue weighted by atomic mass is 9.91. The molecule has 0 saturated carbocycles. The summed E-state index contributed by atoms with van der Waals surface area (Å²) < 4.78 is 21.5. The van der Waals surface area contributed by atoms with Gasteiger partial charge in [-0.15, -0.1) is 0 Å². The molecule has 7 nitrogen and oxygen atoms in total. The fourth-order valence-electron chi connectivity index (χ4n) is 4.13. The molecule has 35 heavy (non-hydrogen) atoms. The number of benzene rings is 2. The average molecular weight is 506 g/mol. The molecular weight excluding hydrogens is 469 g/mol. The summed E-state index contributed by atoms with van der Waals surface area (Å²) in [5.41, 5.74) is -0.516. The maximum atomic E-state index is 15.6. The van der Waals surface area contributed by atoms with Gasteiger partial charge in [0, 0.05) is 38.6 Å². The smallest absolute Gasteiger partial charge is 0.314 e. The Hall–Kier alpha value is -2.42. The van der Waals surface area contributed by atoms with Crippen molar-refractivity contribution in [2.24, 2.45) is 9.98 Å². The van der Waals surface area contributed by atoms with E-state index in [0.717, 1.165) is 55.8 Å². The van der Waals surface area contributed by atoms with Crippen LogP contribution < -0.4 is 5.32 Å². The molecule has 0 bridgehead atoms. The van der Waals surface area contributed by atoms with Crippen LogP contribution in [0.1, 0.15) is 31.7 Å². The number of hydrogen-bond donors (Lipinski definition) is 2. The maximum absolute atomic E-state index is 15.6. The molecule has 1 fully saturated rings. The third kappa shape index (κ3) is 7.78. The van der Waals surface area contributed by atoms with Gasteiger partial charge in [0.25, 0.3) is 0 Å². The van der Waals surface area contributed by atoms with E-state index in [0.29, 0.717) is 12.2 Å². The van der Waals surface area contributed by atoms with Gasteiger partial charge in [0.15, 0.2) is 5.50 Å². The zero-order valence-corrected chi connectivity index (χ0v) is 21.8. The highest BCUT2D eigenvalue weighted by Crippen LogP contribution is 2.34. The predicted molar refractivity (Wildman–Crippen MR) is 143 cm³/mol. The van der Waals surface area contributed by atoms with E-state index < -0.39 is 17.6 Å². The number of aromatic hydroxyl groups is 1. The van der Waals surface area contributed by atoms with Gasteiger partial charge in [-0.05, 0) is 55.9 Å². The summed E-state index contributed by atoms with van der Waals surface area (Å²) in [5.74, 6) is 0.254. The Labute approximate surface area is 212 Å². The molecule has 1 aliphatic heterocycles. The summed E-state index contributed by atoms with van der Waals surface area (Å²) in [4.78, 5) is 13.1. The lowest BCUT2D eigenvalue weighted by Gasteiger charge is -2.29. The van der Waals surface area contributed by atoms with E-state index in [2.05, 4.69) is 25.1 Å². The van der Waals surface area contributed by atoms with Crippen molar-refractivity contribution in [2.75, 3.05) is 53.4 Å². The van der Waals surface area contributed by atoms with Gasteiger partial charge >= 0.3 is 6.02 Å². The molecule has 1 aliphatic rings. The largest absolute Gasteiger partial charge is 0.508 e. The van der Waals surface area contributed by atoms with E-state index in [9.17, 15) is 5.11 Å². The predicted octanol–water partition coefficient (Wildman–Crippen LogP) is 4.20. The van der Waals surface area contributed by atoms with Crippen molar-refractivity contribution < 1.29 is 14.2 Å². The van der Waals surface area contributed by atoms with E-state index >= 15 is 4.39 Å². The van der Waals surface area contributed by atoms with Gasteiger partial charge in [0.1, 0.15) is 17.8 Å². The summed E-state index contributed by atoms with van der Waals surface area (Å²) in [6, 6.07) is 10.9. The summed E-state index contributed by atoms with van der Waals surface area (Å²) in [7, 11) is 3.99. The molecule has 2 aromatic carbocycles. The number of ether oxygens (including phenoxy) is 1. The number of phenolic OH excluding ortho intramolecular Hbond substituents is 1. The highest BCUT2D eigenvalue weighted by Gasteiger charge is 2.28. The molecule has 3 unspecified atom stereocenters. The first kappa shape index (κ1) is 27.2. The number of rotatable bonds is 8. The number of hydrogen-bond acceptors (Lipinski definition) is 5. The van der Waals surface area contributed by atoms with Crippen molar-refractivity contribution in [3.63, 3.8) is 0 Å². The topological polar surface area (TPSA) is 72.7 Å². The Balaban J connectivity index is 1.81. The molecule has 2 aromatic rings. The van der Waals surface area contributed by atoms with Crippen LogP contribution in [-0.4, -0.2) is 91.9 Å². The number of alkyl halides is 2. The lowest BCUT2D eigenvalue weighted by molar-refractivity contribution is 0.256. The third-order valence-corrected chi connectivity index (χ3v) is 6.49. The van der Waals surface area contributed by atoms with E-state index in [1.54, 1.807) is 19.1 Å². The third-order valence-electron chi connectivity index (χ3n) is 6.16. The number of nitrogens with one attached hydrogen (secondary N) is 1. The number of halogens is 2. The van der Waals surface area contributed by atoms with E-state index in [-0.39, 0.29) is 11.8 Å². The molecule has 0 aliphatic carbocycles. The molecule has 1 heterocycles. The van der Waals surface area contributed by atoms with Gasteiger partial charge in [0.05, 0.1) is 6.61 Å². The molecule has 192 valence electrons. The molecule has 3 rings (SSSR count).